The molecule has 3 amide bonds. The van der Waals surface area contributed by atoms with Crippen LogP contribution < -0.4 is 16.4 Å². The maximum absolute atomic E-state index is 13.0. The second kappa shape index (κ2) is 12.0. The van der Waals surface area contributed by atoms with Gasteiger partial charge in [-0.25, -0.2) is 4.79 Å². The Bertz CT molecular complexity index is 1060. The number of hydrogen-bond acceptors (Lipinski definition) is 7. The van der Waals surface area contributed by atoms with Gasteiger partial charge in [-0.1, -0.05) is 12.1 Å². The number of carbonyl (C=O) groups is 2. The van der Waals surface area contributed by atoms with Gasteiger partial charge in [-0.2, -0.15) is 11.3 Å². The highest BCUT2D eigenvalue weighted by Crippen LogP contribution is 2.23. The van der Waals surface area contributed by atoms with E-state index in [1.807, 2.05) is 39.2 Å². The zero-order valence-corrected chi connectivity index (χ0v) is 20.5. The number of carbonyl (C=O) groups excluding carboxylic acids is 2. The van der Waals surface area contributed by atoms with E-state index in [4.69, 9.17) is 10.5 Å². The predicted molar refractivity (Wildman–Crippen MR) is 139 cm³/mol. The van der Waals surface area contributed by atoms with Gasteiger partial charge in [0, 0.05) is 54.4 Å². The number of nitrogens with zero attached hydrogens (tertiary/aromatic N) is 2. The molecule has 10 heteroatoms. The van der Waals surface area contributed by atoms with Crippen molar-refractivity contribution in [2.24, 2.45) is 0 Å². The molecular formula is C24H29N5O3S2. The number of urea groups is 1. The van der Waals surface area contributed by atoms with Crippen LogP contribution in [-0.4, -0.2) is 61.1 Å². The van der Waals surface area contributed by atoms with Gasteiger partial charge in [-0.3, -0.25) is 9.69 Å². The summed E-state index contributed by atoms with van der Waals surface area (Å²) < 4.78 is 5.42. The summed E-state index contributed by atoms with van der Waals surface area (Å²) in [5, 5.41) is 13.3. The number of morpholine rings is 1. The van der Waals surface area contributed by atoms with Gasteiger partial charge in [0.15, 0.2) is 0 Å². The van der Waals surface area contributed by atoms with Gasteiger partial charge in [0.1, 0.15) is 0 Å². The molecule has 1 aliphatic heterocycles. The molecule has 1 aromatic carbocycles. The lowest BCUT2D eigenvalue weighted by Crippen LogP contribution is -2.40. The molecule has 4 N–H and O–H groups in total. The highest BCUT2D eigenvalue weighted by atomic mass is 32.1. The summed E-state index contributed by atoms with van der Waals surface area (Å²) >= 11 is 2.98. The Labute approximate surface area is 207 Å². The Morgan fingerprint density at radius 3 is 2.50 bits per heavy atom. The van der Waals surface area contributed by atoms with E-state index >= 15 is 0 Å². The number of benzene rings is 1. The third-order valence-corrected chi connectivity index (χ3v) is 7.04. The van der Waals surface area contributed by atoms with Crippen molar-refractivity contribution in [3.63, 3.8) is 0 Å². The van der Waals surface area contributed by atoms with E-state index in [2.05, 4.69) is 15.5 Å². The minimum Gasteiger partial charge on any atom is -0.396 e. The Balaban J connectivity index is 1.37. The van der Waals surface area contributed by atoms with Gasteiger partial charge in [-0.05, 0) is 35.6 Å². The third kappa shape index (κ3) is 6.80. The molecule has 0 atom stereocenters. The van der Waals surface area contributed by atoms with Gasteiger partial charge < -0.3 is 26.0 Å². The Morgan fingerprint density at radius 2 is 1.82 bits per heavy atom. The van der Waals surface area contributed by atoms with Crippen LogP contribution in [0.3, 0.4) is 0 Å². The number of anilines is 3. The highest BCUT2D eigenvalue weighted by molar-refractivity contribution is 7.09. The maximum Gasteiger partial charge on any atom is 0.322 e. The number of thiophene rings is 2. The molecule has 0 saturated carbocycles. The van der Waals surface area contributed by atoms with Crippen LogP contribution in [0.1, 0.15) is 22.3 Å². The lowest BCUT2D eigenvalue weighted by molar-refractivity contribution is 0.0365. The number of nitrogen functional groups attached to an aromatic ring is 1. The fourth-order valence-electron chi connectivity index (χ4n) is 3.69. The molecule has 1 aliphatic rings. The minimum atomic E-state index is -0.214. The normalized spacial score (nSPS) is 14.0. The van der Waals surface area contributed by atoms with E-state index in [9.17, 15) is 9.59 Å². The van der Waals surface area contributed by atoms with Gasteiger partial charge in [0.25, 0.3) is 5.91 Å². The molecule has 0 aliphatic carbocycles. The van der Waals surface area contributed by atoms with Crippen molar-refractivity contribution in [2.75, 3.05) is 55.8 Å². The quantitative estimate of drug-likeness (QED) is 0.405. The van der Waals surface area contributed by atoms with Crippen molar-refractivity contribution in [3.8, 4) is 0 Å². The van der Waals surface area contributed by atoms with E-state index in [-0.39, 0.29) is 11.9 Å². The topological polar surface area (TPSA) is 99.9 Å². The van der Waals surface area contributed by atoms with Crippen molar-refractivity contribution in [1.29, 1.82) is 0 Å². The molecule has 0 bridgehead atoms. The van der Waals surface area contributed by atoms with E-state index in [0.717, 1.165) is 50.5 Å². The molecule has 3 heterocycles. The molecule has 1 saturated heterocycles. The van der Waals surface area contributed by atoms with Gasteiger partial charge >= 0.3 is 6.03 Å². The second-order valence-electron chi connectivity index (χ2n) is 8.06. The Morgan fingerprint density at radius 1 is 1.03 bits per heavy atom. The monoisotopic (exact) mass is 499 g/mol. The largest absolute Gasteiger partial charge is 0.396 e. The summed E-state index contributed by atoms with van der Waals surface area (Å²) in [7, 11) is 0. The maximum atomic E-state index is 13.0. The molecule has 2 aromatic heterocycles. The second-order valence-corrected chi connectivity index (χ2v) is 9.59. The summed E-state index contributed by atoms with van der Waals surface area (Å²) in [6.45, 7) is 5.41. The molecule has 0 spiro atoms. The van der Waals surface area contributed by atoms with Crippen LogP contribution in [0, 0.1) is 0 Å². The van der Waals surface area contributed by atoms with Crippen LogP contribution in [0.2, 0.25) is 0 Å². The third-order valence-electron chi connectivity index (χ3n) is 5.60. The van der Waals surface area contributed by atoms with E-state index < -0.39 is 0 Å². The average molecular weight is 500 g/mol. The SMILES string of the molecule is Nc1cscc1NC(=O)c1ccc(CN(CCCN2CCOCC2)C(=O)Nc2ccsc2)cc1. The Hall–Kier alpha value is -2.92. The van der Waals surface area contributed by atoms with E-state index in [1.54, 1.807) is 28.8 Å². The molecule has 34 heavy (non-hydrogen) atoms. The van der Waals surface area contributed by atoms with Crippen LogP contribution in [0.4, 0.5) is 21.9 Å². The van der Waals surface area contributed by atoms with Crippen LogP contribution in [0.15, 0.2) is 51.9 Å². The highest BCUT2D eigenvalue weighted by Gasteiger charge is 2.17. The number of hydrogen-bond donors (Lipinski definition) is 3. The molecular weight excluding hydrogens is 470 g/mol. The first-order valence-corrected chi connectivity index (χ1v) is 13.1. The van der Waals surface area contributed by atoms with Gasteiger partial charge in [-0.15, -0.1) is 11.3 Å². The van der Waals surface area contributed by atoms with Crippen molar-refractivity contribution in [3.05, 3.63) is 63.0 Å². The summed E-state index contributed by atoms with van der Waals surface area (Å²) in [4.78, 5) is 29.7. The zero-order valence-electron chi connectivity index (χ0n) is 18.9. The van der Waals surface area contributed by atoms with Crippen molar-refractivity contribution < 1.29 is 14.3 Å². The van der Waals surface area contributed by atoms with Crippen LogP contribution in [-0.2, 0) is 11.3 Å². The summed E-state index contributed by atoms with van der Waals surface area (Å²) in [6.07, 6.45) is 0.875. The zero-order chi connectivity index (χ0) is 23.8. The fourth-order valence-corrected chi connectivity index (χ4v) is 4.95. The van der Waals surface area contributed by atoms with Crippen LogP contribution in [0.5, 0.6) is 0 Å². The molecule has 1 fully saturated rings. The van der Waals surface area contributed by atoms with Gasteiger partial charge in [0.2, 0.25) is 0 Å². The number of ether oxygens (including phenoxy) is 1. The average Bonchev–Trinajstić information content (AvgIpc) is 3.51. The molecule has 3 aromatic rings. The lowest BCUT2D eigenvalue weighted by atomic mass is 10.1. The molecule has 180 valence electrons. The Kier molecular flexibility index (Phi) is 8.53. The summed E-state index contributed by atoms with van der Waals surface area (Å²) in [5.74, 6) is -0.214. The number of nitrogens with two attached hydrogens (primary N) is 1. The standard InChI is InChI=1S/C24H29N5O3S2/c25-21-16-34-17-22(21)27-23(30)19-4-2-18(3-5-19)14-29(24(31)26-20-6-13-33-15-20)8-1-7-28-9-11-32-12-10-28/h2-6,13,15-17H,1,7-12,14,25H2,(H,26,31)(H,27,30). The van der Waals surface area contributed by atoms with E-state index in [0.29, 0.717) is 30.0 Å². The van der Waals surface area contributed by atoms with Gasteiger partial charge in [0.05, 0.1) is 30.3 Å². The van der Waals surface area contributed by atoms with Crippen LogP contribution >= 0.6 is 22.7 Å². The number of rotatable bonds is 9. The molecule has 8 nitrogen and oxygen atoms in total. The smallest absolute Gasteiger partial charge is 0.322 e. The molecule has 4 rings (SSSR count). The van der Waals surface area contributed by atoms with Crippen LogP contribution in [0.25, 0.3) is 0 Å². The first kappa shape index (κ1) is 24.2. The number of amides is 3. The number of nitrogens with one attached hydrogen (secondary N) is 2. The fraction of sp³-hybridized carbons (Fsp3) is 0.333. The lowest BCUT2D eigenvalue weighted by Gasteiger charge is -2.28. The first-order valence-electron chi connectivity index (χ1n) is 11.2. The van der Waals surface area contributed by atoms with Crippen molar-refractivity contribution >= 4 is 51.7 Å². The molecule has 0 unspecified atom stereocenters. The summed E-state index contributed by atoms with van der Waals surface area (Å²) in [6, 6.07) is 9.08. The predicted octanol–water partition coefficient (Wildman–Crippen LogP) is 4.40. The molecule has 0 radical (unpaired) electrons. The summed E-state index contributed by atoms with van der Waals surface area (Å²) in [5.41, 5.74) is 9.32. The van der Waals surface area contributed by atoms with E-state index in [1.165, 1.54) is 11.3 Å². The first-order chi connectivity index (χ1) is 16.6. The minimum absolute atomic E-state index is 0.130. The van der Waals surface area contributed by atoms with Crippen molar-refractivity contribution in [1.82, 2.24) is 9.80 Å². The van der Waals surface area contributed by atoms with Crippen molar-refractivity contribution in [2.45, 2.75) is 13.0 Å².